The summed E-state index contributed by atoms with van der Waals surface area (Å²) in [6.45, 7) is 4.01. The van der Waals surface area contributed by atoms with E-state index in [9.17, 15) is 9.59 Å². The number of unbranched alkanes of at least 4 members (excludes halogenated alkanes) is 2. The van der Waals surface area contributed by atoms with Gasteiger partial charge in [0.05, 0.1) is 0 Å². The molecule has 0 saturated heterocycles. The molecule has 0 bridgehead atoms. The van der Waals surface area contributed by atoms with Gasteiger partial charge < -0.3 is 14.8 Å². The molecule has 1 N–H and O–H groups in total. The van der Waals surface area contributed by atoms with Gasteiger partial charge in [0.25, 0.3) is 5.91 Å². The smallest absolute Gasteiger partial charge is 0.347 e. The first-order chi connectivity index (χ1) is 10.5. The number of rotatable bonds is 9. The van der Waals surface area contributed by atoms with Gasteiger partial charge in [-0.05, 0) is 37.6 Å². The first-order valence-electron chi connectivity index (χ1n) is 7.38. The number of nitrogens with one attached hydrogen (secondary N) is 1. The molecule has 122 valence electrons. The number of carbonyl (C=O) groups is 2. The van der Waals surface area contributed by atoms with Crippen molar-refractivity contribution in [2.45, 2.75) is 39.2 Å². The molecular weight excluding hydrogens is 350 g/mol. The molecule has 0 heterocycles. The molecule has 0 spiro atoms. The van der Waals surface area contributed by atoms with Crippen LogP contribution in [0.4, 0.5) is 0 Å². The number of ether oxygens (including phenoxy) is 2. The van der Waals surface area contributed by atoms with Gasteiger partial charge in [0.15, 0.2) is 12.7 Å². The molecule has 0 aliphatic heterocycles. The van der Waals surface area contributed by atoms with Crippen molar-refractivity contribution in [1.82, 2.24) is 5.32 Å². The monoisotopic (exact) mass is 371 g/mol. The molecule has 0 aliphatic carbocycles. The highest BCUT2D eigenvalue weighted by Gasteiger charge is 2.17. The number of amides is 1. The van der Waals surface area contributed by atoms with Crippen molar-refractivity contribution in [3.05, 3.63) is 28.7 Å². The fourth-order valence-corrected chi connectivity index (χ4v) is 1.94. The second kappa shape index (κ2) is 10.2. The maximum atomic E-state index is 11.8. The lowest BCUT2D eigenvalue weighted by molar-refractivity contribution is -0.154. The van der Waals surface area contributed by atoms with Crippen molar-refractivity contribution in [1.29, 1.82) is 0 Å². The van der Waals surface area contributed by atoms with E-state index in [-0.39, 0.29) is 12.5 Å². The van der Waals surface area contributed by atoms with E-state index in [0.29, 0.717) is 12.3 Å². The Morgan fingerprint density at radius 3 is 2.55 bits per heavy atom. The third-order valence-corrected chi connectivity index (χ3v) is 3.44. The van der Waals surface area contributed by atoms with Crippen LogP contribution in [0.5, 0.6) is 5.75 Å². The lowest BCUT2D eigenvalue weighted by Gasteiger charge is -2.14. The van der Waals surface area contributed by atoms with Gasteiger partial charge >= 0.3 is 5.97 Å². The van der Waals surface area contributed by atoms with E-state index in [2.05, 4.69) is 28.2 Å². The van der Waals surface area contributed by atoms with Gasteiger partial charge in [0.1, 0.15) is 5.75 Å². The number of esters is 1. The Morgan fingerprint density at radius 2 is 1.91 bits per heavy atom. The van der Waals surface area contributed by atoms with Crippen LogP contribution in [0.3, 0.4) is 0 Å². The molecule has 1 aromatic rings. The van der Waals surface area contributed by atoms with E-state index in [4.69, 9.17) is 9.47 Å². The summed E-state index contributed by atoms with van der Waals surface area (Å²) in [5.74, 6) is -0.288. The molecule has 0 saturated carbocycles. The lowest BCUT2D eigenvalue weighted by Crippen LogP contribution is -2.33. The first-order valence-corrected chi connectivity index (χ1v) is 8.17. The highest BCUT2D eigenvalue weighted by molar-refractivity contribution is 9.10. The molecule has 6 heteroatoms. The molecule has 1 rings (SSSR count). The van der Waals surface area contributed by atoms with Gasteiger partial charge in [-0.15, -0.1) is 0 Å². The quantitative estimate of drug-likeness (QED) is 0.535. The van der Waals surface area contributed by atoms with Crippen LogP contribution in [0.2, 0.25) is 0 Å². The third kappa shape index (κ3) is 7.45. The Kier molecular flexibility index (Phi) is 8.58. The Balaban J connectivity index is 2.26. The van der Waals surface area contributed by atoms with Gasteiger partial charge in [0, 0.05) is 11.0 Å². The van der Waals surface area contributed by atoms with Gasteiger partial charge in [-0.2, -0.15) is 0 Å². The van der Waals surface area contributed by atoms with Crippen molar-refractivity contribution in [3.63, 3.8) is 0 Å². The van der Waals surface area contributed by atoms with Crippen LogP contribution in [0.15, 0.2) is 28.7 Å². The van der Waals surface area contributed by atoms with Gasteiger partial charge in [0.2, 0.25) is 0 Å². The van der Waals surface area contributed by atoms with Crippen LogP contribution in [-0.2, 0) is 14.3 Å². The van der Waals surface area contributed by atoms with Crippen LogP contribution in [0, 0.1) is 0 Å². The number of hydrogen-bond acceptors (Lipinski definition) is 4. The zero-order valence-electron chi connectivity index (χ0n) is 12.9. The van der Waals surface area contributed by atoms with E-state index >= 15 is 0 Å². The molecule has 1 atom stereocenters. The minimum Gasteiger partial charge on any atom is -0.479 e. The van der Waals surface area contributed by atoms with Crippen molar-refractivity contribution in [2.75, 3.05) is 13.2 Å². The standard InChI is InChI=1S/C16H22BrNO4/c1-3-4-5-10-18-15(19)11-21-16(20)12(2)22-14-8-6-13(17)7-9-14/h6-9,12H,3-5,10-11H2,1-2H3,(H,18,19). The summed E-state index contributed by atoms with van der Waals surface area (Å²) in [5.41, 5.74) is 0. The van der Waals surface area contributed by atoms with Crippen LogP contribution in [-0.4, -0.2) is 31.1 Å². The summed E-state index contributed by atoms with van der Waals surface area (Å²) in [7, 11) is 0. The molecule has 0 radical (unpaired) electrons. The van der Waals surface area contributed by atoms with Crippen LogP contribution in [0.25, 0.3) is 0 Å². The zero-order valence-corrected chi connectivity index (χ0v) is 14.5. The number of carbonyl (C=O) groups excluding carboxylic acids is 2. The first kappa shape index (κ1) is 18.5. The highest BCUT2D eigenvalue weighted by Crippen LogP contribution is 2.17. The van der Waals surface area contributed by atoms with Gasteiger partial charge in [-0.1, -0.05) is 35.7 Å². The van der Waals surface area contributed by atoms with Crippen molar-refractivity contribution < 1.29 is 19.1 Å². The molecule has 1 amide bonds. The molecule has 0 aliphatic rings. The Morgan fingerprint density at radius 1 is 1.23 bits per heavy atom. The van der Waals surface area contributed by atoms with E-state index < -0.39 is 12.1 Å². The van der Waals surface area contributed by atoms with E-state index in [1.807, 2.05) is 12.1 Å². The zero-order chi connectivity index (χ0) is 16.4. The predicted molar refractivity (Wildman–Crippen MR) is 87.7 cm³/mol. The molecule has 0 fully saturated rings. The van der Waals surface area contributed by atoms with Gasteiger partial charge in [-0.25, -0.2) is 4.79 Å². The average Bonchev–Trinajstić information content (AvgIpc) is 2.51. The molecule has 22 heavy (non-hydrogen) atoms. The molecule has 0 aromatic heterocycles. The lowest BCUT2D eigenvalue weighted by atomic mass is 10.2. The van der Waals surface area contributed by atoms with Crippen LogP contribution < -0.4 is 10.1 Å². The second-order valence-corrected chi connectivity index (χ2v) is 5.79. The fraction of sp³-hybridized carbons (Fsp3) is 0.500. The number of benzene rings is 1. The Bertz CT molecular complexity index is 476. The van der Waals surface area contributed by atoms with Crippen molar-refractivity contribution in [2.24, 2.45) is 0 Å². The minimum absolute atomic E-state index is 0.279. The number of halogens is 1. The molecule has 1 aromatic carbocycles. The molecule has 5 nitrogen and oxygen atoms in total. The topological polar surface area (TPSA) is 64.6 Å². The van der Waals surface area contributed by atoms with Crippen molar-refractivity contribution in [3.8, 4) is 5.75 Å². The van der Waals surface area contributed by atoms with Crippen LogP contribution >= 0.6 is 15.9 Å². The summed E-state index contributed by atoms with van der Waals surface area (Å²) < 4.78 is 11.3. The fourth-order valence-electron chi connectivity index (χ4n) is 1.67. The van der Waals surface area contributed by atoms with Crippen LogP contribution in [0.1, 0.15) is 33.1 Å². The Labute approximate surface area is 139 Å². The Hall–Kier alpha value is -1.56. The summed E-state index contributed by atoms with van der Waals surface area (Å²) in [6, 6.07) is 7.12. The summed E-state index contributed by atoms with van der Waals surface area (Å²) >= 11 is 3.32. The minimum atomic E-state index is -0.769. The van der Waals surface area contributed by atoms with Crippen molar-refractivity contribution >= 4 is 27.8 Å². The highest BCUT2D eigenvalue weighted by atomic mass is 79.9. The molecular formula is C16H22BrNO4. The maximum absolute atomic E-state index is 11.8. The average molecular weight is 372 g/mol. The normalized spacial score (nSPS) is 11.6. The SMILES string of the molecule is CCCCCNC(=O)COC(=O)C(C)Oc1ccc(Br)cc1. The largest absolute Gasteiger partial charge is 0.479 e. The van der Waals surface area contributed by atoms with Gasteiger partial charge in [-0.3, -0.25) is 4.79 Å². The summed E-state index contributed by atoms with van der Waals surface area (Å²) in [6.07, 6.45) is 2.32. The maximum Gasteiger partial charge on any atom is 0.347 e. The van der Waals surface area contributed by atoms with E-state index in [0.717, 1.165) is 23.7 Å². The summed E-state index contributed by atoms with van der Waals surface area (Å²) in [4.78, 5) is 23.3. The number of hydrogen-bond donors (Lipinski definition) is 1. The van der Waals surface area contributed by atoms with E-state index in [1.54, 1.807) is 19.1 Å². The summed E-state index contributed by atoms with van der Waals surface area (Å²) in [5, 5.41) is 2.71. The third-order valence-electron chi connectivity index (χ3n) is 2.91. The second-order valence-electron chi connectivity index (χ2n) is 4.88. The molecule has 1 unspecified atom stereocenters. The predicted octanol–water partition coefficient (Wildman–Crippen LogP) is 3.07. The van der Waals surface area contributed by atoms with E-state index in [1.165, 1.54) is 0 Å².